The third kappa shape index (κ3) is 6.52. The molecular formula is C41H53ClN5O4S+. The molecule has 2 aromatic carbocycles. The highest BCUT2D eigenvalue weighted by Crippen LogP contribution is 2.49. The average Bonchev–Trinajstić information content (AvgIpc) is 3.53. The fourth-order valence-electron chi connectivity index (χ4n) is 9.72. The smallest absolute Gasteiger partial charge is 0.306 e. The van der Waals surface area contributed by atoms with Crippen LogP contribution in [-0.4, -0.2) is 108 Å². The van der Waals surface area contributed by atoms with E-state index in [2.05, 4.69) is 62.4 Å². The topological polar surface area (TPSA) is 86.5 Å². The third-order valence-electron chi connectivity index (χ3n) is 13.2. The van der Waals surface area contributed by atoms with E-state index in [1.54, 1.807) is 6.07 Å². The van der Waals surface area contributed by atoms with E-state index < -0.39 is 15.3 Å². The number of ether oxygens (including phenoxy) is 2. The molecule has 52 heavy (non-hydrogen) atoms. The highest BCUT2D eigenvalue weighted by Gasteiger charge is 2.50. The number of amidine groups is 1. The molecule has 2 aliphatic carbocycles. The van der Waals surface area contributed by atoms with E-state index in [0.717, 1.165) is 100 Å². The van der Waals surface area contributed by atoms with Gasteiger partial charge in [0.2, 0.25) is 0 Å². The number of anilines is 1. The molecule has 8 rings (SSSR count). The van der Waals surface area contributed by atoms with Crippen molar-refractivity contribution in [3.63, 3.8) is 0 Å². The van der Waals surface area contributed by atoms with Gasteiger partial charge in [-0.15, -0.1) is 0 Å². The Morgan fingerprint density at radius 3 is 2.88 bits per heavy atom. The number of nitrogens with one attached hydrogen (secondary N) is 1. The van der Waals surface area contributed by atoms with Gasteiger partial charge in [-0.2, -0.15) is 0 Å². The maximum absolute atomic E-state index is 14.0. The summed E-state index contributed by atoms with van der Waals surface area (Å²) in [6.45, 7) is 10.4. The number of halogens is 1. The molecular weight excluding hydrogens is 694 g/mol. The Labute approximate surface area is 314 Å². The van der Waals surface area contributed by atoms with Gasteiger partial charge in [0.05, 0.1) is 22.0 Å². The number of amides is 1. The van der Waals surface area contributed by atoms with Gasteiger partial charge in [0.1, 0.15) is 30.7 Å². The molecule has 2 fully saturated rings. The van der Waals surface area contributed by atoms with Crippen molar-refractivity contribution < 1.29 is 23.1 Å². The lowest BCUT2D eigenvalue weighted by molar-refractivity contribution is -0.413. The van der Waals surface area contributed by atoms with Crippen LogP contribution in [0.15, 0.2) is 53.5 Å². The van der Waals surface area contributed by atoms with Crippen molar-refractivity contribution in [1.29, 1.82) is 0 Å². The summed E-state index contributed by atoms with van der Waals surface area (Å²) < 4.78 is 32.7. The maximum atomic E-state index is 14.0. The molecule has 4 aliphatic heterocycles. The van der Waals surface area contributed by atoms with E-state index >= 15 is 0 Å². The van der Waals surface area contributed by atoms with Gasteiger partial charge in [0, 0.05) is 54.5 Å². The van der Waals surface area contributed by atoms with Crippen LogP contribution in [0, 0.1) is 17.8 Å². The highest BCUT2D eigenvalue weighted by atomic mass is 35.5. The van der Waals surface area contributed by atoms with Crippen molar-refractivity contribution >= 4 is 50.8 Å². The van der Waals surface area contributed by atoms with Crippen molar-refractivity contribution in [2.45, 2.75) is 68.6 Å². The molecule has 4 heterocycles. The van der Waals surface area contributed by atoms with Crippen LogP contribution in [0.1, 0.15) is 67.4 Å². The first-order valence-electron chi connectivity index (χ1n) is 19.1. The molecule has 1 saturated carbocycles. The van der Waals surface area contributed by atoms with Crippen molar-refractivity contribution in [2.24, 2.45) is 22.7 Å². The molecule has 1 N–H and O–H groups in total. The summed E-state index contributed by atoms with van der Waals surface area (Å²) in [4.78, 5) is 23.6. The summed E-state index contributed by atoms with van der Waals surface area (Å²) in [5.74, 6) is 6.29. The molecule has 1 amide bonds. The van der Waals surface area contributed by atoms with Crippen LogP contribution in [0.4, 0.5) is 5.69 Å². The lowest BCUT2D eigenvalue weighted by Gasteiger charge is -2.52. The van der Waals surface area contributed by atoms with Gasteiger partial charge in [-0.3, -0.25) is 14.4 Å². The number of aliphatic imine (C=N–C) groups is 1. The van der Waals surface area contributed by atoms with Gasteiger partial charge >= 0.3 is 5.84 Å². The predicted molar refractivity (Wildman–Crippen MR) is 211 cm³/mol. The fourth-order valence-corrected chi connectivity index (χ4v) is 11.4. The summed E-state index contributed by atoms with van der Waals surface area (Å²) in [6.07, 6.45) is 12.7. The van der Waals surface area contributed by atoms with Crippen LogP contribution in [-0.2, 0) is 26.3 Å². The second-order valence-corrected chi connectivity index (χ2v) is 19.0. The van der Waals surface area contributed by atoms with Crippen LogP contribution >= 0.6 is 11.6 Å². The first-order chi connectivity index (χ1) is 25.0. The zero-order valence-electron chi connectivity index (χ0n) is 30.8. The quantitative estimate of drug-likeness (QED) is 0.258. The van der Waals surface area contributed by atoms with Gasteiger partial charge in [-0.05, 0) is 111 Å². The molecule has 1 saturated heterocycles. The molecule has 6 aliphatic rings. The molecule has 2 bridgehead atoms. The normalized spacial score (nSPS) is 35.5. The number of hydrogen-bond donors (Lipinski definition) is 1. The van der Waals surface area contributed by atoms with Crippen LogP contribution in [0.25, 0.3) is 0 Å². The largest absolute Gasteiger partial charge is 0.490 e. The van der Waals surface area contributed by atoms with Crippen LogP contribution in [0.2, 0.25) is 5.02 Å². The highest BCUT2D eigenvalue weighted by molar-refractivity contribution is 7.99. The number of nitrogens with zero attached hydrogens (tertiary/aromatic N) is 4. The van der Waals surface area contributed by atoms with Crippen molar-refractivity contribution in [2.75, 3.05) is 64.4 Å². The molecule has 0 aromatic heterocycles. The fraction of sp³-hybridized carbons (Fsp3) is 0.561. The lowest BCUT2D eigenvalue weighted by atomic mass is 9.63. The molecule has 11 heteroatoms. The third-order valence-corrected chi connectivity index (χ3v) is 15.6. The average molecular weight is 747 g/mol. The first-order valence-corrected chi connectivity index (χ1v) is 21.2. The lowest BCUT2D eigenvalue weighted by Crippen LogP contribution is -2.59. The number of allylic oxidation sites excluding steroid dienone is 1. The number of aryl methyl sites for hydroxylation is 1. The van der Waals surface area contributed by atoms with Gasteiger partial charge in [-0.1, -0.05) is 41.7 Å². The van der Waals surface area contributed by atoms with E-state index in [1.807, 2.05) is 32.2 Å². The number of rotatable bonds is 3. The molecule has 1 unspecified atom stereocenters. The van der Waals surface area contributed by atoms with E-state index in [-0.39, 0.29) is 28.4 Å². The molecule has 278 valence electrons. The number of fused-ring (bicyclic) bond motifs is 5. The van der Waals surface area contributed by atoms with Gasteiger partial charge in [-0.25, -0.2) is 8.78 Å². The molecule has 2 aromatic rings. The zero-order valence-corrected chi connectivity index (χ0v) is 32.4. The van der Waals surface area contributed by atoms with Crippen LogP contribution in [0.3, 0.4) is 0 Å². The van der Waals surface area contributed by atoms with Gasteiger partial charge < -0.3 is 14.4 Å². The van der Waals surface area contributed by atoms with E-state index in [4.69, 9.17) is 26.1 Å². The Balaban J connectivity index is 1.20. The van der Waals surface area contributed by atoms with Gasteiger partial charge in [0.15, 0.2) is 6.54 Å². The van der Waals surface area contributed by atoms with E-state index in [1.165, 1.54) is 11.1 Å². The number of carbonyl (C=O) groups excluding carboxylic acids is 1. The Morgan fingerprint density at radius 1 is 1.21 bits per heavy atom. The summed E-state index contributed by atoms with van der Waals surface area (Å²) >= 11 is 6.52. The Morgan fingerprint density at radius 2 is 2.08 bits per heavy atom. The summed E-state index contributed by atoms with van der Waals surface area (Å²) in [7, 11) is -1.09. The standard InChI is InChI=1S/C41H52ClN5O4S/c1-28-7-5-16-41(50-3,26-45-19-20-46-18-17-43-38(46)24-45)35-12-9-32(35)23-47-25-40(15-6-8-30-21-33(42)11-13-34(30)40)27-51-37-14-10-31(22-36(37)47)39(48)44-52(4,49)29(28)2/h5,10-11,13-14,16,18,21-22,28-29,32,35H,4,6-9,12,15,17,19-20,23-27H2,1-3H3/p+1/b16-5+/t28-,29+,32-,35+,40-,41+,52?/m0/s1. The number of piperazine rings is 1. The zero-order chi connectivity index (χ0) is 36.3. The summed E-state index contributed by atoms with van der Waals surface area (Å²) in [5.41, 5.74) is 3.24. The molecule has 9 nitrogen and oxygen atoms in total. The Hall–Kier alpha value is -3.18. The second kappa shape index (κ2) is 13.9. The summed E-state index contributed by atoms with van der Waals surface area (Å²) in [5, 5.41) is 0.424. The number of methoxy groups -OCH3 is 1. The molecule has 0 radical (unpaired) electrons. The van der Waals surface area contributed by atoms with Crippen molar-refractivity contribution in [3.05, 3.63) is 70.3 Å². The molecule has 7 atom stereocenters. The van der Waals surface area contributed by atoms with E-state index in [9.17, 15) is 9.00 Å². The molecule has 1 spiro atoms. The maximum Gasteiger partial charge on any atom is 0.306 e. The second-order valence-electron chi connectivity index (χ2n) is 16.2. The predicted octanol–water partition coefficient (Wildman–Crippen LogP) is 5.38. The number of hydrogen-bond acceptors (Lipinski definition) is 7. The number of carbonyl (C=O) groups is 1. The van der Waals surface area contributed by atoms with Crippen LogP contribution in [0.5, 0.6) is 5.75 Å². The first kappa shape index (κ1) is 35.8. The Kier molecular flexibility index (Phi) is 9.58. The SMILES string of the molecule is C=S1(=O)NC(=O)c2ccc3c(c2)N(C[C@@H]2CC[C@H]2[C@@](CN2CC[N+]4=CCN=C4C2)(OC)/C=C/C[C@H](C)[C@H]1C)C[C@@]1(CCCc2cc(Cl)ccc21)CO3. The minimum absolute atomic E-state index is 0.0218. The van der Waals surface area contributed by atoms with Gasteiger partial charge in [0.25, 0.3) is 5.91 Å². The minimum Gasteiger partial charge on any atom is -0.490 e. The van der Waals surface area contributed by atoms with Crippen LogP contribution < -0.4 is 14.4 Å². The van der Waals surface area contributed by atoms with E-state index in [0.29, 0.717) is 24.5 Å². The van der Waals surface area contributed by atoms with Crippen molar-refractivity contribution in [3.8, 4) is 5.75 Å². The number of benzene rings is 2. The monoisotopic (exact) mass is 746 g/mol. The van der Waals surface area contributed by atoms with Crippen molar-refractivity contribution in [1.82, 2.24) is 9.62 Å². The summed E-state index contributed by atoms with van der Waals surface area (Å²) in [6, 6.07) is 12.0. The minimum atomic E-state index is -2.96. The Bertz CT molecular complexity index is 1950.